The van der Waals surface area contributed by atoms with Crippen molar-refractivity contribution < 1.29 is 9.53 Å². The zero-order valence-corrected chi connectivity index (χ0v) is 12.6. The number of pyridine rings is 1. The Morgan fingerprint density at radius 1 is 1.55 bits per heavy atom. The molecule has 0 unspecified atom stereocenters. The van der Waals surface area contributed by atoms with E-state index in [0.29, 0.717) is 28.7 Å². The highest BCUT2D eigenvalue weighted by molar-refractivity contribution is 7.80. The van der Waals surface area contributed by atoms with Gasteiger partial charge in [0.15, 0.2) is 0 Å². The summed E-state index contributed by atoms with van der Waals surface area (Å²) >= 11 is 4.94. The number of methoxy groups -OCH3 is 1. The first-order valence-electron chi connectivity index (χ1n) is 6.64. The molecule has 6 heteroatoms. The van der Waals surface area contributed by atoms with Crippen LogP contribution >= 0.6 is 12.2 Å². The summed E-state index contributed by atoms with van der Waals surface area (Å²) in [6.45, 7) is 2.58. The van der Waals surface area contributed by atoms with Crippen molar-refractivity contribution in [3.8, 4) is 0 Å². The molecule has 0 spiro atoms. The van der Waals surface area contributed by atoms with Crippen molar-refractivity contribution in [2.24, 2.45) is 5.73 Å². The number of nitrogens with two attached hydrogens (primary N) is 1. The third kappa shape index (κ3) is 3.45. The van der Waals surface area contributed by atoms with Crippen molar-refractivity contribution in [1.29, 1.82) is 0 Å². The molecule has 1 fully saturated rings. The molecule has 1 aliphatic carbocycles. The lowest BCUT2D eigenvalue weighted by Crippen LogP contribution is -2.30. The first-order chi connectivity index (χ1) is 9.52. The van der Waals surface area contributed by atoms with Gasteiger partial charge in [-0.05, 0) is 31.9 Å². The van der Waals surface area contributed by atoms with E-state index in [2.05, 4.69) is 9.88 Å². The highest BCUT2D eigenvalue weighted by Gasteiger charge is 2.30. The summed E-state index contributed by atoms with van der Waals surface area (Å²) in [5.74, 6) is 0.511. The monoisotopic (exact) mass is 293 g/mol. The van der Waals surface area contributed by atoms with Crippen LogP contribution in [0.2, 0.25) is 0 Å². The molecule has 1 saturated carbocycles. The van der Waals surface area contributed by atoms with Gasteiger partial charge in [-0.25, -0.2) is 9.78 Å². The van der Waals surface area contributed by atoms with Crippen LogP contribution in [0, 0.1) is 6.92 Å². The molecule has 20 heavy (non-hydrogen) atoms. The number of hydrogen-bond donors (Lipinski definition) is 1. The number of aryl methyl sites for hydroxylation is 1. The minimum Gasteiger partial charge on any atom is -0.465 e. The average molecular weight is 293 g/mol. The number of hydrogen-bond acceptors (Lipinski definition) is 5. The maximum absolute atomic E-state index is 11.6. The van der Waals surface area contributed by atoms with Crippen LogP contribution in [0.15, 0.2) is 12.1 Å². The summed E-state index contributed by atoms with van der Waals surface area (Å²) in [7, 11) is 1.37. The Bertz CT molecular complexity index is 529. The number of carbonyl (C=O) groups is 1. The lowest BCUT2D eigenvalue weighted by Gasteiger charge is -2.24. The van der Waals surface area contributed by atoms with Crippen LogP contribution in [-0.2, 0) is 4.74 Å². The number of anilines is 1. The van der Waals surface area contributed by atoms with Crippen molar-refractivity contribution in [3.63, 3.8) is 0 Å². The van der Waals surface area contributed by atoms with E-state index in [4.69, 9.17) is 22.7 Å². The standard InChI is InChI=1S/C14H19N3O2S/c1-9-11(14(18)19-2)5-6-13(16-9)17(10-3-4-10)8-7-12(15)20/h5-6,10H,3-4,7-8H2,1-2H3,(H2,15,20). The van der Waals surface area contributed by atoms with Crippen LogP contribution in [0.5, 0.6) is 0 Å². The van der Waals surface area contributed by atoms with Gasteiger partial charge in [-0.3, -0.25) is 0 Å². The average Bonchev–Trinajstić information content (AvgIpc) is 3.22. The summed E-state index contributed by atoms with van der Waals surface area (Å²) in [5.41, 5.74) is 6.75. The fraction of sp³-hybridized carbons (Fsp3) is 0.500. The number of nitrogens with zero attached hydrogens (tertiary/aromatic N) is 2. The van der Waals surface area contributed by atoms with E-state index in [1.165, 1.54) is 7.11 Å². The van der Waals surface area contributed by atoms with Gasteiger partial charge < -0.3 is 15.4 Å². The van der Waals surface area contributed by atoms with Crippen LogP contribution in [0.3, 0.4) is 0 Å². The molecule has 0 saturated heterocycles. The summed E-state index contributed by atoms with van der Waals surface area (Å²) in [6, 6.07) is 4.14. The van der Waals surface area contributed by atoms with Gasteiger partial charge >= 0.3 is 5.97 Å². The third-order valence-corrected chi connectivity index (χ3v) is 3.56. The molecule has 0 radical (unpaired) electrons. The molecular weight excluding hydrogens is 274 g/mol. The zero-order valence-electron chi connectivity index (χ0n) is 11.8. The molecule has 2 rings (SSSR count). The molecule has 0 aliphatic heterocycles. The SMILES string of the molecule is COC(=O)c1ccc(N(CCC(N)=S)C2CC2)nc1C. The van der Waals surface area contributed by atoms with Gasteiger partial charge in [0.1, 0.15) is 5.82 Å². The summed E-state index contributed by atoms with van der Waals surface area (Å²) < 4.78 is 4.73. The smallest absolute Gasteiger partial charge is 0.339 e. The van der Waals surface area contributed by atoms with Crippen LogP contribution in [0.25, 0.3) is 0 Å². The molecule has 1 heterocycles. The topological polar surface area (TPSA) is 68.5 Å². The maximum Gasteiger partial charge on any atom is 0.339 e. The van der Waals surface area contributed by atoms with Crippen molar-refractivity contribution in [1.82, 2.24) is 4.98 Å². The predicted octanol–water partition coefficient (Wildman–Crippen LogP) is 1.82. The van der Waals surface area contributed by atoms with Crippen molar-refractivity contribution in [2.75, 3.05) is 18.6 Å². The second kappa shape index (κ2) is 6.17. The Morgan fingerprint density at radius 2 is 2.25 bits per heavy atom. The number of carbonyl (C=O) groups excluding carboxylic acids is 1. The second-order valence-corrected chi connectivity index (χ2v) is 5.46. The normalized spacial score (nSPS) is 13.9. The summed E-state index contributed by atoms with van der Waals surface area (Å²) in [5, 5.41) is 0. The fourth-order valence-corrected chi connectivity index (χ4v) is 2.23. The van der Waals surface area contributed by atoms with Crippen LogP contribution < -0.4 is 10.6 Å². The highest BCUT2D eigenvalue weighted by atomic mass is 32.1. The van der Waals surface area contributed by atoms with Gasteiger partial charge in [0.05, 0.1) is 23.4 Å². The lowest BCUT2D eigenvalue weighted by molar-refractivity contribution is 0.0599. The third-order valence-electron chi connectivity index (χ3n) is 3.36. The molecule has 1 aromatic rings. The molecule has 1 aromatic heterocycles. The van der Waals surface area contributed by atoms with E-state index in [1.54, 1.807) is 6.07 Å². The molecule has 0 bridgehead atoms. The molecular formula is C14H19N3O2S. The molecule has 1 aliphatic rings. The fourth-order valence-electron chi connectivity index (χ4n) is 2.13. The number of esters is 1. The van der Waals surface area contributed by atoms with Crippen molar-refractivity contribution in [3.05, 3.63) is 23.4 Å². The Morgan fingerprint density at radius 3 is 2.75 bits per heavy atom. The van der Waals surface area contributed by atoms with E-state index in [-0.39, 0.29) is 5.97 Å². The summed E-state index contributed by atoms with van der Waals surface area (Å²) in [4.78, 5) is 18.8. The maximum atomic E-state index is 11.6. The van der Waals surface area contributed by atoms with Gasteiger partial charge in [-0.15, -0.1) is 0 Å². The number of rotatable bonds is 6. The van der Waals surface area contributed by atoms with Gasteiger partial charge in [-0.1, -0.05) is 12.2 Å². The Labute approximate surface area is 124 Å². The van der Waals surface area contributed by atoms with Gasteiger partial charge in [0.25, 0.3) is 0 Å². The minimum absolute atomic E-state index is 0.359. The van der Waals surface area contributed by atoms with E-state index in [1.807, 2.05) is 13.0 Å². The van der Waals surface area contributed by atoms with Crippen molar-refractivity contribution in [2.45, 2.75) is 32.2 Å². The quantitative estimate of drug-likeness (QED) is 0.637. The largest absolute Gasteiger partial charge is 0.465 e. The molecule has 0 atom stereocenters. The predicted molar refractivity (Wildman–Crippen MR) is 82.1 cm³/mol. The van der Waals surface area contributed by atoms with Crippen LogP contribution in [0.4, 0.5) is 5.82 Å². The molecule has 0 amide bonds. The summed E-state index contributed by atoms with van der Waals surface area (Å²) in [6.07, 6.45) is 3.00. The first-order valence-corrected chi connectivity index (χ1v) is 7.04. The minimum atomic E-state index is -0.359. The van der Waals surface area contributed by atoms with E-state index < -0.39 is 0 Å². The second-order valence-electron chi connectivity index (χ2n) is 4.93. The van der Waals surface area contributed by atoms with Crippen LogP contribution in [-0.4, -0.2) is 35.6 Å². The van der Waals surface area contributed by atoms with Crippen LogP contribution in [0.1, 0.15) is 35.3 Å². The van der Waals surface area contributed by atoms with Crippen molar-refractivity contribution >= 4 is 29.0 Å². The highest BCUT2D eigenvalue weighted by Crippen LogP contribution is 2.31. The van der Waals surface area contributed by atoms with Gasteiger partial charge in [0.2, 0.25) is 0 Å². The van der Waals surface area contributed by atoms with E-state index in [9.17, 15) is 4.79 Å². The van der Waals surface area contributed by atoms with Gasteiger partial charge in [0, 0.05) is 19.0 Å². The Balaban J connectivity index is 2.19. The first kappa shape index (κ1) is 14.7. The van der Waals surface area contributed by atoms with E-state index in [0.717, 1.165) is 25.2 Å². The molecule has 5 nitrogen and oxygen atoms in total. The number of aromatic nitrogens is 1. The Hall–Kier alpha value is -1.69. The Kier molecular flexibility index (Phi) is 4.54. The molecule has 2 N–H and O–H groups in total. The molecule has 0 aromatic carbocycles. The van der Waals surface area contributed by atoms with Gasteiger partial charge in [-0.2, -0.15) is 0 Å². The lowest BCUT2D eigenvalue weighted by atomic mass is 10.2. The molecule has 108 valence electrons. The number of thiocarbonyl (C=S) groups is 1. The van der Waals surface area contributed by atoms with E-state index >= 15 is 0 Å². The zero-order chi connectivity index (χ0) is 14.7. The number of ether oxygens (including phenoxy) is 1.